The number of methoxy groups -OCH3 is 1. The molecule has 2 aromatic carbocycles. The Morgan fingerprint density at radius 3 is 2.54 bits per heavy atom. The summed E-state index contributed by atoms with van der Waals surface area (Å²) in [4.78, 5) is 13.0. The molecule has 0 aromatic heterocycles. The summed E-state index contributed by atoms with van der Waals surface area (Å²) >= 11 is 0. The van der Waals surface area contributed by atoms with E-state index in [4.69, 9.17) is 4.74 Å². The first-order valence-electron chi connectivity index (χ1n) is 8.69. The first-order chi connectivity index (χ1) is 12.3. The van der Waals surface area contributed by atoms with Gasteiger partial charge >= 0.3 is 0 Å². The van der Waals surface area contributed by atoms with Crippen molar-refractivity contribution < 1.29 is 9.53 Å². The number of hydrogen-bond acceptors (Lipinski definition) is 4. The molecule has 0 saturated carbocycles. The van der Waals surface area contributed by atoms with Gasteiger partial charge in [0.05, 0.1) is 13.3 Å². The highest BCUT2D eigenvalue weighted by molar-refractivity contribution is 5.89. The lowest BCUT2D eigenvalue weighted by atomic mass is 9.76. The molecule has 1 aliphatic rings. The molecule has 1 amide bonds. The van der Waals surface area contributed by atoms with E-state index in [0.29, 0.717) is 0 Å². The van der Waals surface area contributed by atoms with Crippen LogP contribution in [0.3, 0.4) is 0 Å². The van der Waals surface area contributed by atoms with Gasteiger partial charge in [-0.3, -0.25) is 10.1 Å². The molecule has 1 atom stereocenters. The summed E-state index contributed by atoms with van der Waals surface area (Å²) in [5.41, 5.74) is 4.73. The average molecular weight is 351 g/mol. The van der Waals surface area contributed by atoms with Crippen LogP contribution in [0.25, 0.3) is 0 Å². The zero-order valence-corrected chi connectivity index (χ0v) is 15.7. The maximum absolute atomic E-state index is 13.0. The second-order valence-corrected chi connectivity index (χ2v) is 7.44. The van der Waals surface area contributed by atoms with Gasteiger partial charge in [-0.25, -0.2) is 5.43 Å². The van der Waals surface area contributed by atoms with Gasteiger partial charge in [-0.15, -0.1) is 0 Å². The lowest BCUT2D eigenvalue weighted by Crippen LogP contribution is -2.62. The number of carbonyl (C=O) groups excluding carboxylic acids is 1. The van der Waals surface area contributed by atoms with E-state index < -0.39 is 5.54 Å². The van der Waals surface area contributed by atoms with Crippen LogP contribution >= 0.6 is 0 Å². The third-order valence-corrected chi connectivity index (χ3v) is 4.73. The standard InChI is InChI=1S/C21H25N3O2/c1-20(2)13-16-7-5-6-8-18(16)21(3,24-20)19(25)23-22-14-15-9-11-17(26-4)12-10-15/h5-12,14,24H,13H2,1-4H3,(H,23,25)/b22-14-/t21-/m0/s1. The molecule has 136 valence electrons. The molecular formula is C21H25N3O2. The summed E-state index contributed by atoms with van der Waals surface area (Å²) in [6, 6.07) is 15.5. The number of nitrogens with one attached hydrogen (secondary N) is 2. The van der Waals surface area contributed by atoms with E-state index in [1.807, 2.05) is 49.4 Å². The van der Waals surface area contributed by atoms with Gasteiger partial charge in [0.15, 0.2) is 0 Å². The zero-order valence-electron chi connectivity index (χ0n) is 15.7. The van der Waals surface area contributed by atoms with E-state index in [2.05, 4.69) is 35.8 Å². The lowest BCUT2D eigenvalue weighted by Gasteiger charge is -2.44. The molecule has 1 heterocycles. The van der Waals surface area contributed by atoms with Crippen LogP contribution in [0.5, 0.6) is 5.75 Å². The zero-order chi connectivity index (χ0) is 18.8. The summed E-state index contributed by atoms with van der Waals surface area (Å²) in [6.07, 6.45) is 2.50. The molecule has 1 aliphatic heterocycles. The van der Waals surface area contributed by atoms with Gasteiger partial charge in [0, 0.05) is 5.54 Å². The Labute approximate surface area is 154 Å². The van der Waals surface area contributed by atoms with E-state index >= 15 is 0 Å². The Kier molecular flexibility index (Phi) is 4.83. The van der Waals surface area contributed by atoms with Gasteiger partial charge in [-0.2, -0.15) is 5.10 Å². The van der Waals surface area contributed by atoms with Crippen LogP contribution < -0.4 is 15.5 Å². The maximum atomic E-state index is 13.0. The predicted octanol–water partition coefficient (Wildman–Crippen LogP) is 2.99. The maximum Gasteiger partial charge on any atom is 0.264 e. The largest absolute Gasteiger partial charge is 0.497 e. The number of nitrogens with zero attached hydrogens (tertiary/aromatic N) is 1. The fourth-order valence-corrected chi connectivity index (χ4v) is 3.57. The van der Waals surface area contributed by atoms with Gasteiger partial charge in [0.25, 0.3) is 5.91 Å². The highest BCUT2D eigenvalue weighted by atomic mass is 16.5. The second-order valence-electron chi connectivity index (χ2n) is 7.44. The molecule has 0 bridgehead atoms. The number of carbonyl (C=O) groups is 1. The van der Waals surface area contributed by atoms with E-state index in [1.54, 1.807) is 13.3 Å². The Hall–Kier alpha value is -2.66. The van der Waals surface area contributed by atoms with Crippen LogP contribution in [0.2, 0.25) is 0 Å². The van der Waals surface area contributed by atoms with Crippen LogP contribution in [0.15, 0.2) is 53.6 Å². The molecule has 0 radical (unpaired) electrons. The van der Waals surface area contributed by atoms with Crippen LogP contribution in [0.4, 0.5) is 0 Å². The topological polar surface area (TPSA) is 62.7 Å². The van der Waals surface area contributed by atoms with Crippen molar-refractivity contribution >= 4 is 12.1 Å². The number of rotatable bonds is 4. The molecule has 0 aliphatic carbocycles. The molecule has 0 unspecified atom stereocenters. The van der Waals surface area contributed by atoms with Gasteiger partial charge in [-0.05, 0) is 68.1 Å². The van der Waals surface area contributed by atoms with Crippen molar-refractivity contribution in [2.75, 3.05) is 7.11 Å². The Morgan fingerprint density at radius 1 is 1.15 bits per heavy atom. The minimum Gasteiger partial charge on any atom is -0.497 e. The van der Waals surface area contributed by atoms with E-state index in [-0.39, 0.29) is 11.4 Å². The Balaban J connectivity index is 1.79. The van der Waals surface area contributed by atoms with Gasteiger partial charge < -0.3 is 4.74 Å². The third kappa shape index (κ3) is 3.63. The SMILES string of the molecule is COc1ccc(/C=N\NC(=O)[C@@]2(C)NC(C)(C)Cc3ccccc32)cc1. The molecule has 2 N–H and O–H groups in total. The van der Waals surface area contributed by atoms with Crippen LogP contribution in [-0.2, 0) is 16.8 Å². The van der Waals surface area contributed by atoms with Crippen molar-refractivity contribution in [3.05, 3.63) is 65.2 Å². The van der Waals surface area contributed by atoms with Gasteiger partial charge in [0.2, 0.25) is 0 Å². The summed E-state index contributed by atoms with van der Waals surface area (Å²) in [5, 5.41) is 7.62. The fraction of sp³-hybridized carbons (Fsp3) is 0.333. The van der Waals surface area contributed by atoms with E-state index in [9.17, 15) is 4.79 Å². The van der Waals surface area contributed by atoms with Gasteiger partial charge in [-0.1, -0.05) is 24.3 Å². The van der Waals surface area contributed by atoms with Crippen LogP contribution in [0, 0.1) is 0 Å². The van der Waals surface area contributed by atoms with Crippen molar-refractivity contribution in [1.82, 2.24) is 10.7 Å². The predicted molar refractivity (Wildman–Crippen MR) is 103 cm³/mol. The highest BCUT2D eigenvalue weighted by Crippen LogP contribution is 2.34. The number of fused-ring (bicyclic) bond motifs is 1. The van der Waals surface area contributed by atoms with Crippen molar-refractivity contribution in [3.8, 4) is 5.75 Å². The van der Waals surface area contributed by atoms with Crippen molar-refractivity contribution in [3.63, 3.8) is 0 Å². The van der Waals surface area contributed by atoms with Crippen molar-refractivity contribution in [2.24, 2.45) is 5.10 Å². The van der Waals surface area contributed by atoms with Gasteiger partial charge in [0.1, 0.15) is 11.3 Å². The molecular weight excluding hydrogens is 326 g/mol. The number of hydrogen-bond donors (Lipinski definition) is 2. The normalized spacial score (nSPS) is 21.2. The molecule has 3 rings (SSSR count). The summed E-state index contributed by atoms with van der Waals surface area (Å²) in [7, 11) is 1.63. The summed E-state index contributed by atoms with van der Waals surface area (Å²) in [6.45, 7) is 6.12. The van der Waals surface area contributed by atoms with E-state index in [0.717, 1.165) is 23.3 Å². The smallest absolute Gasteiger partial charge is 0.264 e. The van der Waals surface area contributed by atoms with Crippen LogP contribution in [0.1, 0.15) is 37.5 Å². The molecule has 0 fully saturated rings. The minimum atomic E-state index is -0.838. The summed E-state index contributed by atoms with van der Waals surface area (Å²) < 4.78 is 5.13. The number of benzene rings is 2. The second kappa shape index (κ2) is 6.92. The van der Waals surface area contributed by atoms with Crippen molar-refractivity contribution in [1.29, 1.82) is 0 Å². The van der Waals surface area contributed by atoms with Crippen molar-refractivity contribution in [2.45, 2.75) is 38.3 Å². The molecule has 2 aromatic rings. The first kappa shape index (κ1) is 18.1. The Morgan fingerprint density at radius 2 is 1.85 bits per heavy atom. The fourth-order valence-electron chi connectivity index (χ4n) is 3.57. The van der Waals surface area contributed by atoms with Crippen LogP contribution in [-0.4, -0.2) is 24.8 Å². The molecule has 0 spiro atoms. The quantitative estimate of drug-likeness (QED) is 0.657. The number of ether oxygens (including phenoxy) is 1. The average Bonchev–Trinajstić information content (AvgIpc) is 2.61. The minimum absolute atomic E-state index is 0.178. The monoisotopic (exact) mass is 351 g/mol. The summed E-state index contributed by atoms with van der Waals surface area (Å²) in [5.74, 6) is 0.603. The molecule has 26 heavy (non-hydrogen) atoms. The highest BCUT2D eigenvalue weighted by Gasteiger charge is 2.44. The number of amides is 1. The molecule has 5 nitrogen and oxygen atoms in total. The third-order valence-electron chi connectivity index (χ3n) is 4.73. The number of hydrazone groups is 1. The first-order valence-corrected chi connectivity index (χ1v) is 8.69. The molecule has 5 heteroatoms. The lowest BCUT2D eigenvalue weighted by molar-refractivity contribution is -0.128. The molecule has 0 saturated heterocycles. The Bertz CT molecular complexity index is 827. The van der Waals surface area contributed by atoms with E-state index in [1.165, 1.54) is 5.56 Å².